The lowest BCUT2D eigenvalue weighted by atomic mass is 10.1. The van der Waals surface area contributed by atoms with Crippen LogP contribution in [-0.4, -0.2) is 33.3 Å². The van der Waals surface area contributed by atoms with Crippen molar-refractivity contribution in [2.75, 3.05) is 0 Å². The van der Waals surface area contributed by atoms with Gasteiger partial charge in [-0.2, -0.15) is 30.7 Å². The molecule has 0 aromatic rings. The fraction of sp³-hybridized carbons (Fsp3) is 1.00. The molecule has 0 aliphatic carbocycles. The van der Waals surface area contributed by atoms with Crippen molar-refractivity contribution in [2.45, 2.75) is 51.2 Å². The number of phosphoric ester groups is 2. The van der Waals surface area contributed by atoms with Crippen molar-refractivity contribution in [3.63, 3.8) is 0 Å². The van der Waals surface area contributed by atoms with E-state index in [0.29, 0.717) is 27.7 Å². The van der Waals surface area contributed by atoms with Gasteiger partial charge in [-0.3, -0.25) is 9.05 Å². The van der Waals surface area contributed by atoms with Gasteiger partial charge in [0, 0.05) is 0 Å². The molecule has 0 aromatic heterocycles. The topological polar surface area (TPSA) is 102 Å². The van der Waals surface area contributed by atoms with Crippen LogP contribution in [0.25, 0.3) is 0 Å². The maximum atomic E-state index is 12.5. The predicted octanol–water partition coefficient (Wildman–Crippen LogP) is 3.92. The summed E-state index contributed by atoms with van der Waals surface area (Å²) in [5.74, 6) is 0. The van der Waals surface area contributed by atoms with E-state index in [1.54, 1.807) is 0 Å². The van der Waals surface area contributed by atoms with Crippen molar-refractivity contribution < 1.29 is 58.6 Å². The molecule has 2 unspecified atom stereocenters. The molecule has 23 heavy (non-hydrogen) atoms. The van der Waals surface area contributed by atoms with Gasteiger partial charge in [0.2, 0.25) is 0 Å². The molecule has 0 spiro atoms. The molecule has 0 fully saturated rings. The molecule has 0 aliphatic rings. The zero-order valence-electron chi connectivity index (χ0n) is 12.1. The third kappa shape index (κ3) is 6.69. The fourth-order valence-electron chi connectivity index (χ4n) is 0.844. The molecule has 15 heteroatoms. The van der Waals surface area contributed by atoms with Crippen LogP contribution in [0.4, 0.5) is 26.3 Å². The first-order chi connectivity index (χ1) is 9.62. The predicted molar refractivity (Wildman–Crippen MR) is 63.2 cm³/mol. The normalized spacial score (nSPS) is 20.0. The Bertz CT molecular complexity index is 480. The molecule has 0 saturated carbocycles. The number of phosphoric acid groups is 2. The maximum Gasteiger partial charge on any atom is 0.481 e. The van der Waals surface area contributed by atoms with Crippen molar-refractivity contribution in [1.82, 2.24) is 0 Å². The smallest absolute Gasteiger partial charge is 0.302 e. The lowest BCUT2D eigenvalue weighted by Crippen LogP contribution is -2.42. The summed E-state index contributed by atoms with van der Waals surface area (Å²) >= 11 is 0. The second-order valence-corrected chi connectivity index (χ2v) is 8.11. The SMILES string of the molecule is CC(C)(OP(=O)(O)OP(=O)(O)OC(C)(C)C(F)(F)F)C(F)(F)F. The van der Waals surface area contributed by atoms with Crippen LogP contribution < -0.4 is 0 Å². The van der Waals surface area contributed by atoms with E-state index in [1.165, 1.54) is 0 Å². The van der Waals surface area contributed by atoms with Crippen molar-refractivity contribution in [2.24, 2.45) is 0 Å². The third-order valence-electron chi connectivity index (χ3n) is 2.26. The first-order valence-electron chi connectivity index (χ1n) is 5.54. The summed E-state index contributed by atoms with van der Waals surface area (Å²) in [7, 11) is -11.8. The fourth-order valence-corrected chi connectivity index (χ4v) is 3.51. The molecule has 0 amide bonds. The van der Waals surface area contributed by atoms with Crippen LogP contribution in [0.5, 0.6) is 0 Å². The van der Waals surface area contributed by atoms with Crippen LogP contribution in [0, 0.1) is 0 Å². The van der Waals surface area contributed by atoms with Gasteiger partial charge >= 0.3 is 28.0 Å². The lowest BCUT2D eigenvalue weighted by Gasteiger charge is -2.31. The number of hydrogen-bond acceptors (Lipinski definition) is 5. The van der Waals surface area contributed by atoms with E-state index in [9.17, 15) is 35.5 Å². The van der Waals surface area contributed by atoms with E-state index in [4.69, 9.17) is 9.79 Å². The number of hydrogen-bond donors (Lipinski definition) is 2. The summed E-state index contributed by atoms with van der Waals surface area (Å²) in [6, 6.07) is 0. The van der Waals surface area contributed by atoms with Crippen LogP contribution in [0.3, 0.4) is 0 Å². The van der Waals surface area contributed by atoms with E-state index in [-0.39, 0.29) is 0 Å². The van der Waals surface area contributed by atoms with E-state index >= 15 is 0 Å². The van der Waals surface area contributed by atoms with Gasteiger partial charge in [-0.05, 0) is 27.7 Å². The molecule has 0 aliphatic heterocycles. The molecule has 7 nitrogen and oxygen atoms in total. The molecule has 0 saturated heterocycles. The van der Waals surface area contributed by atoms with Gasteiger partial charge in [-0.15, -0.1) is 0 Å². The van der Waals surface area contributed by atoms with E-state index in [1.807, 2.05) is 0 Å². The van der Waals surface area contributed by atoms with Gasteiger partial charge in [-0.1, -0.05) is 0 Å². The minimum Gasteiger partial charge on any atom is -0.302 e. The number of alkyl halides is 6. The maximum absolute atomic E-state index is 12.5. The molecule has 2 atom stereocenters. The monoisotopic (exact) mass is 398 g/mol. The molecule has 140 valence electrons. The van der Waals surface area contributed by atoms with Crippen LogP contribution in [-0.2, 0) is 22.5 Å². The largest absolute Gasteiger partial charge is 0.481 e. The highest BCUT2D eigenvalue weighted by Crippen LogP contribution is 2.64. The summed E-state index contributed by atoms with van der Waals surface area (Å²) in [6.45, 7) is 1.17. The highest BCUT2D eigenvalue weighted by molar-refractivity contribution is 7.61. The van der Waals surface area contributed by atoms with Crippen molar-refractivity contribution in [3.8, 4) is 0 Å². The molecule has 0 bridgehead atoms. The lowest BCUT2D eigenvalue weighted by molar-refractivity contribution is -0.242. The Hall–Kier alpha value is -0.160. The Kier molecular flexibility index (Phi) is 6.24. The van der Waals surface area contributed by atoms with Crippen molar-refractivity contribution in [1.29, 1.82) is 0 Å². The average Bonchev–Trinajstić information content (AvgIpc) is 2.05. The minimum atomic E-state index is -5.90. The molecule has 2 N–H and O–H groups in total. The average molecular weight is 398 g/mol. The second kappa shape index (κ2) is 6.29. The molecular formula is C8H14F6O7P2. The second-order valence-electron chi connectivity index (χ2n) is 5.22. The molecule has 0 heterocycles. The standard InChI is InChI=1S/C8H14F6O7P2/c1-5(2,7(9,10)11)19-22(15,16)21-23(17,18)20-6(3,4)8(12,13)14/h1-4H3,(H,15,16)(H,17,18). The number of rotatable bonds is 6. The summed E-state index contributed by atoms with van der Waals surface area (Å²) in [6.07, 6.45) is -10.4. The van der Waals surface area contributed by atoms with Gasteiger partial charge in [0.25, 0.3) is 0 Å². The van der Waals surface area contributed by atoms with Crippen molar-refractivity contribution >= 4 is 15.6 Å². The third-order valence-corrected chi connectivity index (χ3v) is 5.28. The Morgan fingerprint density at radius 3 is 1.09 bits per heavy atom. The Balaban J connectivity index is 5.24. The highest BCUT2D eigenvalue weighted by Gasteiger charge is 2.56. The molecule has 0 radical (unpaired) electrons. The number of halogens is 6. The van der Waals surface area contributed by atoms with Crippen LogP contribution in [0.2, 0.25) is 0 Å². The Labute approximate surface area is 126 Å². The summed E-state index contributed by atoms with van der Waals surface area (Å²) in [4.78, 5) is 18.1. The molecule has 0 aromatic carbocycles. The van der Waals surface area contributed by atoms with E-state index in [2.05, 4.69) is 13.4 Å². The molecule has 0 rings (SSSR count). The van der Waals surface area contributed by atoms with Gasteiger partial charge < -0.3 is 9.79 Å². The highest BCUT2D eigenvalue weighted by atomic mass is 31.3. The first-order valence-corrected chi connectivity index (χ1v) is 8.53. The summed E-state index contributed by atoms with van der Waals surface area (Å²) in [5.41, 5.74) is -6.59. The van der Waals surface area contributed by atoms with Gasteiger partial charge in [0.05, 0.1) is 0 Å². The van der Waals surface area contributed by atoms with Gasteiger partial charge in [0.15, 0.2) is 11.2 Å². The van der Waals surface area contributed by atoms with Crippen molar-refractivity contribution in [3.05, 3.63) is 0 Å². The quantitative estimate of drug-likeness (QED) is 0.517. The Morgan fingerprint density at radius 2 is 0.913 bits per heavy atom. The molecular weight excluding hydrogens is 384 g/mol. The first kappa shape index (κ1) is 22.8. The summed E-state index contributed by atoms with van der Waals surface area (Å²) in [5, 5.41) is 0. The van der Waals surface area contributed by atoms with Crippen LogP contribution in [0.15, 0.2) is 0 Å². The van der Waals surface area contributed by atoms with Crippen LogP contribution in [0.1, 0.15) is 27.7 Å². The summed E-state index contributed by atoms with van der Waals surface area (Å²) < 4.78 is 109. The zero-order valence-corrected chi connectivity index (χ0v) is 13.9. The van der Waals surface area contributed by atoms with E-state index < -0.39 is 39.2 Å². The minimum absolute atomic E-state index is 0.294. The van der Waals surface area contributed by atoms with Gasteiger partial charge in [0.1, 0.15) is 0 Å². The zero-order chi connectivity index (χ0) is 19.1. The van der Waals surface area contributed by atoms with Gasteiger partial charge in [-0.25, -0.2) is 9.13 Å². The van der Waals surface area contributed by atoms with Crippen LogP contribution >= 0.6 is 15.6 Å². The van der Waals surface area contributed by atoms with E-state index in [0.717, 1.165) is 0 Å². The Morgan fingerprint density at radius 1 is 0.696 bits per heavy atom.